The Morgan fingerprint density at radius 1 is 1.33 bits per heavy atom. The molecule has 0 unspecified atom stereocenters. The Morgan fingerprint density at radius 2 is 2.10 bits per heavy atom. The van der Waals surface area contributed by atoms with Crippen molar-refractivity contribution in [2.45, 2.75) is 19.4 Å². The van der Waals surface area contributed by atoms with E-state index in [0.717, 1.165) is 18.0 Å². The number of piperidine rings is 1. The highest BCUT2D eigenvalue weighted by molar-refractivity contribution is 7.22. The molecule has 4 nitrogen and oxygen atoms in total. The summed E-state index contributed by atoms with van der Waals surface area (Å²) in [4.78, 5) is 9.19. The van der Waals surface area contributed by atoms with Crippen LogP contribution in [0.3, 0.4) is 0 Å². The summed E-state index contributed by atoms with van der Waals surface area (Å²) in [6, 6.07) is 6.53. The number of fused-ring (bicyclic) bond motifs is 1. The zero-order valence-corrected chi connectivity index (χ0v) is 13.7. The molecule has 0 amide bonds. The summed E-state index contributed by atoms with van der Waals surface area (Å²) in [6.45, 7) is 4.69. The lowest BCUT2D eigenvalue weighted by Gasteiger charge is -2.33. The van der Waals surface area contributed by atoms with Crippen LogP contribution >= 0.6 is 11.3 Å². The standard InChI is InChI=1S/C16H24N4S/c1-19(2)10-12-5-7-20(8-6-12)11-13-3-4-14-15(9-13)21-16(17)18-14/h3-4,9,12H,5-8,10-11H2,1-2H3,(H2,17,18). The lowest BCUT2D eigenvalue weighted by atomic mass is 9.96. The van der Waals surface area contributed by atoms with E-state index in [0.29, 0.717) is 5.13 Å². The van der Waals surface area contributed by atoms with Crippen molar-refractivity contribution in [3.8, 4) is 0 Å². The van der Waals surface area contributed by atoms with Gasteiger partial charge in [0.15, 0.2) is 5.13 Å². The third-order valence-corrected chi connectivity index (χ3v) is 5.05. The van der Waals surface area contributed by atoms with Crippen molar-refractivity contribution in [1.82, 2.24) is 14.8 Å². The molecule has 3 rings (SSSR count). The predicted molar refractivity (Wildman–Crippen MR) is 90.6 cm³/mol. The largest absolute Gasteiger partial charge is 0.375 e. The van der Waals surface area contributed by atoms with Crippen LogP contribution in [0.1, 0.15) is 18.4 Å². The van der Waals surface area contributed by atoms with Gasteiger partial charge in [-0.15, -0.1) is 0 Å². The Bertz CT molecular complexity index is 599. The highest BCUT2D eigenvalue weighted by Gasteiger charge is 2.19. The zero-order chi connectivity index (χ0) is 14.8. The molecule has 0 aliphatic carbocycles. The highest BCUT2D eigenvalue weighted by atomic mass is 32.1. The second-order valence-corrected chi connectivity index (χ2v) is 7.40. The van der Waals surface area contributed by atoms with E-state index in [4.69, 9.17) is 5.73 Å². The first-order chi connectivity index (χ1) is 10.1. The smallest absolute Gasteiger partial charge is 0.181 e. The Hall–Kier alpha value is -1.17. The topological polar surface area (TPSA) is 45.4 Å². The van der Waals surface area contributed by atoms with Crippen LogP contribution in [0.15, 0.2) is 18.2 Å². The van der Waals surface area contributed by atoms with Crippen LogP contribution in [0, 0.1) is 5.92 Å². The van der Waals surface area contributed by atoms with Crippen molar-refractivity contribution in [1.29, 1.82) is 0 Å². The summed E-state index contributed by atoms with van der Waals surface area (Å²) < 4.78 is 1.20. The average Bonchev–Trinajstić information content (AvgIpc) is 2.80. The van der Waals surface area contributed by atoms with E-state index in [1.54, 1.807) is 11.3 Å². The molecule has 1 aliphatic rings. The van der Waals surface area contributed by atoms with Gasteiger partial charge in [-0.05, 0) is 63.6 Å². The number of nitrogens with zero attached hydrogens (tertiary/aromatic N) is 3. The molecule has 1 fully saturated rings. The number of nitrogens with two attached hydrogens (primary N) is 1. The first kappa shape index (κ1) is 14.8. The van der Waals surface area contributed by atoms with Gasteiger partial charge in [-0.25, -0.2) is 4.98 Å². The van der Waals surface area contributed by atoms with E-state index in [9.17, 15) is 0 Å². The van der Waals surface area contributed by atoms with Crippen molar-refractivity contribution >= 4 is 26.7 Å². The van der Waals surface area contributed by atoms with Crippen LogP contribution in [-0.2, 0) is 6.54 Å². The molecule has 1 aromatic carbocycles. The number of hydrogen-bond acceptors (Lipinski definition) is 5. The number of thiazole rings is 1. The number of aromatic nitrogens is 1. The van der Waals surface area contributed by atoms with Crippen LogP contribution in [-0.4, -0.2) is 48.5 Å². The summed E-state index contributed by atoms with van der Waals surface area (Å²) in [6.07, 6.45) is 2.63. The Labute approximate surface area is 130 Å². The van der Waals surface area contributed by atoms with E-state index < -0.39 is 0 Å². The quantitative estimate of drug-likeness (QED) is 0.943. The van der Waals surface area contributed by atoms with Crippen LogP contribution in [0.4, 0.5) is 5.13 Å². The molecule has 0 spiro atoms. The summed E-state index contributed by atoms with van der Waals surface area (Å²) in [5.41, 5.74) is 8.16. The molecule has 5 heteroatoms. The molecule has 0 atom stereocenters. The van der Waals surface area contributed by atoms with Crippen molar-refractivity contribution in [3.05, 3.63) is 23.8 Å². The molecule has 1 saturated heterocycles. The number of hydrogen-bond donors (Lipinski definition) is 1. The Kier molecular flexibility index (Phi) is 4.42. The molecule has 0 radical (unpaired) electrons. The second kappa shape index (κ2) is 6.30. The second-order valence-electron chi connectivity index (χ2n) is 6.34. The van der Waals surface area contributed by atoms with Gasteiger partial charge in [0, 0.05) is 13.1 Å². The van der Waals surface area contributed by atoms with Gasteiger partial charge in [-0.1, -0.05) is 17.4 Å². The zero-order valence-electron chi connectivity index (χ0n) is 12.9. The SMILES string of the molecule is CN(C)CC1CCN(Cc2ccc3nc(N)sc3c2)CC1. The van der Waals surface area contributed by atoms with Crippen LogP contribution < -0.4 is 5.73 Å². The lowest BCUT2D eigenvalue weighted by molar-refractivity contribution is 0.157. The minimum atomic E-state index is 0.659. The van der Waals surface area contributed by atoms with E-state index >= 15 is 0 Å². The molecule has 21 heavy (non-hydrogen) atoms. The van der Waals surface area contributed by atoms with Crippen molar-refractivity contribution < 1.29 is 0 Å². The fraction of sp³-hybridized carbons (Fsp3) is 0.562. The number of nitrogen functional groups attached to an aromatic ring is 1. The average molecular weight is 304 g/mol. The van der Waals surface area contributed by atoms with Crippen molar-refractivity contribution in [2.24, 2.45) is 5.92 Å². The number of rotatable bonds is 4. The van der Waals surface area contributed by atoms with Gasteiger partial charge in [-0.3, -0.25) is 4.90 Å². The molecule has 2 N–H and O–H groups in total. The molecular weight excluding hydrogens is 280 g/mol. The van der Waals surface area contributed by atoms with E-state index in [-0.39, 0.29) is 0 Å². The highest BCUT2D eigenvalue weighted by Crippen LogP contribution is 2.26. The molecular formula is C16H24N4S. The minimum absolute atomic E-state index is 0.659. The molecule has 2 heterocycles. The maximum Gasteiger partial charge on any atom is 0.181 e. The summed E-state index contributed by atoms with van der Waals surface area (Å²) in [7, 11) is 4.34. The predicted octanol–water partition coefficient (Wildman–Crippen LogP) is 2.65. The minimum Gasteiger partial charge on any atom is -0.375 e. The number of anilines is 1. The molecule has 114 valence electrons. The van der Waals surface area contributed by atoms with Crippen molar-refractivity contribution in [2.75, 3.05) is 39.5 Å². The molecule has 1 aromatic heterocycles. The van der Waals surface area contributed by atoms with Crippen LogP contribution in [0.2, 0.25) is 0 Å². The Balaban J connectivity index is 1.59. The Morgan fingerprint density at radius 3 is 2.81 bits per heavy atom. The maximum atomic E-state index is 5.77. The van der Waals surface area contributed by atoms with E-state index in [2.05, 4.69) is 47.1 Å². The van der Waals surface area contributed by atoms with Gasteiger partial charge < -0.3 is 10.6 Å². The van der Waals surface area contributed by atoms with E-state index in [1.807, 2.05) is 0 Å². The van der Waals surface area contributed by atoms with Crippen molar-refractivity contribution in [3.63, 3.8) is 0 Å². The van der Waals surface area contributed by atoms with E-state index in [1.165, 1.54) is 42.7 Å². The fourth-order valence-corrected chi connectivity index (χ4v) is 3.98. The van der Waals surface area contributed by atoms with Gasteiger partial charge >= 0.3 is 0 Å². The van der Waals surface area contributed by atoms with Gasteiger partial charge in [0.05, 0.1) is 10.2 Å². The normalized spacial score (nSPS) is 17.9. The molecule has 2 aromatic rings. The third-order valence-electron chi connectivity index (χ3n) is 4.21. The van der Waals surface area contributed by atoms with Gasteiger partial charge in [-0.2, -0.15) is 0 Å². The number of benzene rings is 1. The summed E-state index contributed by atoms with van der Waals surface area (Å²) in [5, 5.41) is 0.659. The first-order valence-corrected chi connectivity index (χ1v) is 8.44. The van der Waals surface area contributed by atoms with Crippen LogP contribution in [0.5, 0.6) is 0 Å². The molecule has 1 aliphatic heterocycles. The third kappa shape index (κ3) is 3.73. The van der Waals surface area contributed by atoms with Gasteiger partial charge in [0.25, 0.3) is 0 Å². The maximum absolute atomic E-state index is 5.77. The number of likely N-dealkylation sites (tertiary alicyclic amines) is 1. The van der Waals surface area contributed by atoms with Crippen LogP contribution in [0.25, 0.3) is 10.2 Å². The summed E-state index contributed by atoms with van der Waals surface area (Å²) >= 11 is 1.58. The fourth-order valence-electron chi connectivity index (χ4n) is 3.19. The lowest BCUT2D eigenvalue weighted by Crippen LogP contribution is -2.36. The van der Waals surface area contributed by atoms with Gasteiger partial charge in [0.2, 0.25) is 0 Å². The first-order valence-electron chi connectivity index (χ1n) is 7.62. The molecule has 0 saturated carbocycles. The molecule has 0 bridgehead atoms. The van der Waals surface area contributed by atoms with Gasteiger partial charge in [0.1, 0.15) is 0 Å². The summed E-state index contributed by atoms with van der Waals surface area (Å²) in [5.74, 6) is 0.861. The monoisotopic (exact) mass is 304 g/mol.